The summed E-state index contributed by atoms with van der Waals surface area (Å²) in [6, 6.07) is 13.7. The zero-order valence-corrected chi connectivity index (χ0v) is 10.7. The SMILES string of the molecule is O=C1Nc2ccccc2[C@@]1(F)Cc1ccc(Cl)cc1. The Labute approximate surface area is 115 Å². The normalized spacial score (nSPS) is 21.1. The second-order valence-corrected chi connectivity index (χ2v) is 5.04. The molecule has 0 saturated heterocycles. The summed E-state index contributed by atoms with van der Waals surface area (Å²) in [5, 5.41) is 3.17. The quantitative estimate of drug-likeness (QED) is 0.890. The van der Waals surface area contributed by atoms with Crippen LogP contribution in [-0.2, 0) is 16.9 Å². The van der Waals surface area contributed by atoms with Crippen molar-refractivity contribution in [1.82, 2.24) is 0 Å². The fraction of sp³-hybridized carbons (Fsp3) is 0.133. The molecule has 1 heterocycles. The molecule has 3 rings (SSSR count). The van der Waals surface area contributed by atoms with Crippen LogP contribution in [0.25, 0.3) is 0 Å². The van der Waals surface area contributed by atoms with Gasteiger partial charge in [0, 0.05) is 22.7 Å². The lowest BCUT2D eigenvalue weighted by Crippen LogP contribution is -2.31. The van der Waals surface area contributed by atoms with E-state index in [1.54, 1.807) is 48.5 Å². The van der Waals surface area contributed by atoms with Crippen molar-refractivity contribution in [3.63, 3.8) is 0 Å². The van der Waals surface area contributed by atoms with Gasteiger partial charge in [0.1, 0.15) is 0 Å². The number of halogens is 2. The van der Waals surface area contributed by atoms with Crippen LogP contribution in [0.4, 0.5) is 10.1 Å². The van der Waals surface area contributed by atoms with Crippen LogP contribution in [-0.4, -0.2) is 5.91 Å². The van der Waals surface area contributed by atoms with Crippen molar-refractivity contribution >= 4 is 23.2 Å². The van der Waals surface area contributed by atoms with Gasteiger partial charge in [-0.2, -0.15) is 0 Å². The van der Waals surface area contributed by atoms with Crippen molar-refractivity contribution in [3.8, 4) is 0 Å². The molecule has 0 aliphatic carbocycles. The number of amides is 1. The molecule has 2 aromatic carbocycles. The van der Waals surface area contributed by atoms with Crippen LogP contribution in [0.3, 0.4) is 0 Å². The number of benzene rings is 2. The summed E-state index contributed by atoms with van der Waals surface area (Å²) in [6.45, 7) is 0. The molecule has 2 nitrogen and oxygen atoms in total. The minimum Gasteiger partial charge on any atom is -0.323 e. The van der Waals surface area contributed by atoms with Gasteiger partial charge in [-0.1, -0.05) is 41.9 Å². The Morgan fingerprint density at radius 2 is 1.79 bits per heavy atom. The van der Waals surface area contributed by atoms with E-state index in [-0.39, 0.29) is 6.42 Å². The molecule has 0 saturated carbocycles. The van der Waals surface area contributed by atoms with Gasteiger partial charge in [-0.3, -0.25) is 4.79 Å². The molecule has 2 aromatic rings. The molecule has 96 valence electrons. The number of alkyl halides is 1. The van der Waals surface area contributed by atoms with Crippen LogP contribution < -0.4 is 5.32 Å². The van der Waals surface area contributed by atoms with E-state index in [0.29, 0.717) is 16.3 Å². The summed E-state index contributed by atoms with van der Waals surface area (Å²) in [5.41, 5.74) is -0.331. The number of nitrogens with one attached hydrogen (secondary N) is 1. The monoisotopic (exact) mass is 275 g/mol. The van der Waals surface area contributed by atoms with Gasteiger partial charge in [-0.25, -0.2) is 4.39 Å². The maximum Gasteiger partial charge on any atom is 0.267 e. The Hall–Kier alpha value is -1.87. The molecule has 1 N–H and O–H groups in total. The third-order valence-corrected chi connectivity index (χ3v) is 3.58. The lowest BCUT2D eigenvalue weighted by Gasteiger charge is -2.17. The van der Waals surface area contributed by atoms with Gasteiger partial charge in [-0.15, -0.1) is 0 Å². The van der Waals surface area contributed by atoms with Gasteiger partial charge in [0.25, 0.3) is 5.91 Å². The van der Waals surface area contributed by atoms with Crippen LogP contribution in [0.2, 0.25) is 5.02 Å². The molecule has 4 heteroatoms. The number of hydrogen-bond donors (Lipinski definition) is 1. The van der Waals surface area contributed by atoms with Gasteiger partial charge < -0.3 is 5.32 Å². The average molecular weight is 276 g/mol. The molecule has 1 amide bonds. The zero-order chi connectivity index (χ0) is 13.5. The third kappa shape index (κ3) is 2.00. The molecule has 1 aliphatic heterocycles. The fourth-order valence-corrected chi connectivity index (χ4v) is 2.47. The maximum absolute atomic E-state index is 15.0. The number of carbonyl (C=O) groups excluding carboxylic acids is 1. The number of carbonyl (C=O) groups is 1. The fourth-order valence-electron chi connectivity index (χ4n) is 2.34. The summed E-state index contributed by atoms with van der Waals surface area (Å²) < 4.78 is 15.0. The lowest BCUT2D eigenvalue weighted by atomic mass is 9.90. The first-order valence-electron chi connectivity index (χ1n) is 5.94. The topological polar surface area (TPSA) is 29.1 Å². The van der Waals surface area contributed by atoms with Crippen LogP contribution in [0.1, 0.15) is 11.1 Å². The molecule has 19 heavy (non-hydrogen) atoms. The van der Waals surface area contributed by atoms with E-state index in [1.165, 1.54) is 0 Å². The first-order valence-corrected chi connectivity index (χ1v) is 6.32. The lowest BCUT2D eigenvalue weighted by molar-refractivity contribution is -0.126. The molecule has 0 aromatic heterocycles. The molecule has 0 bridgehead atoms. The molecule has 1 atom stereocenters. The third-order valence-electron chi connectivity index (χ3n) is 3.32. The highest BCUT2D eigenvalue weighted by atomic mass is 35.5. The van der Waals surface area contributed by atoms with Gasteiger partial charge in [0.05, 0.1) is 0 Å². The second-order valence-electron chi connectivity index (χ2n) is 4.60. The van der Waals surface area contributed by atoms with Crippen molar-refractivity contribution in [2.75, 3.05) is 5.32 Å². The van der Waals surface area contributed by atoms with Gasteiger partial charge in [0.2, 0.25) is 5.67 Å². The molecule has 0 spiro atoms. The van der Waals surface area contributed by atoms with E-state index in [1.807, 2.05) is 0 Å². The first kappa shape index (κ1) is 12.2. The summed E-state index contributed by atoms with van der Waals surface area (Å²) >= 11 is 5.80. The van der Waals surface area contributed by atoms with Crippen molar-refractivity contribution < 1.29 is 9.18 Å². The summed E-state index contributed by atoms with van der Waals surface area (Å²) in [6.07, 6.45) is 0.00696. The Morgan fingerprint density at radius 1 is 1.11 bits per heavy atom. The summed E-state index contributed by atoms with van der Waals surface area (Å²) in [4.78, 5) is 11.9. The predicted octanol–water partition coefficient (Wildman–Crippen LogP) is 3.70. The standard InChI is InChI=1S/C15H11ClFNO/c16-11-7-5-10(6-8-11)9-15(17)12-3-1-2-4-13(12)18-14(15)19/h1-8H,9H2,(H,18,19)/t15-/m0/s1. The van der Waals surface area contributed by atoms with Crippen molar-refractivity contribution in [1.29, 1.82) is 0 Å². The van der Waals surface area contributed by atoms with E-state index in [0.717, 1.165) is 5.56 Å². The Kier molecular flexibility index (Phi) is 2.79. The van der Waals surface area contributed by atoms with Crippen LogP contribution >= 0.6 is 11.6 Å². The van der Waals surface area contributed by atoms with E-state index >= 15 is 4.39 Å². The Morgan fingerprint density at radius 3 is 2.53 bits per heavy atom. The molecule has 0 radical (unpaired) electrons. The molecule has 1 aliphatic rings. The number of rotatable bonds is 2. The van der Waals surface area contributed by atoms with Crippen LogP contribution in [0, 0.1) is 0 Å². The van der Waals surface area contributed by atoms with E-state index < -0.39 is 11.6 Å². The molecular weight excluding hydrogens is 265 g/mol. The number of anilines is 1. The number of para-hydroxylation sites is 1. The van der Waals surface area contributed by atoms with Gasteiger partial charge >= 0.3 is 0 Å². The van der Waals surface area contributed by atoms with E-state index in [2.05, 4.69) is 5.32 Å². The number of hydrogen-bond acceptors (Lipinski definition) is 1. The highest BCUT2D eigenvalue weighted by Gasteiger charge is 2.47. The molecular formula is C15H11ClFNO. The highest BCUT2D eigenvalue weighted by molar-refractivity contribution is 6.30. The van der Waals surface area contributed by atoms with Gasteiger partial charge in [-0.05, 0) is 23.8 Å². The highest BCUT2D eigenvalue weighted by Crippen LogP contribution is 2.41. The van der Waals surface area contributed by atoms with Crippen LogP contribution in [0.5, 0.6) is 0 Å². The first-order chi connectivity index (χ1) is 9.09. The second kappa shape index (κ2) is 4.35. The zero-order valence-electron chi connectivity index (χ0n) is 9.99. The Bertz CT molecular complexity index is 641. The van der Waals surface area contributed by atoms with E-state index in [4.69, 9.17) is 11.6 Å². The largest absolute Gasteiger partial charge is 0.323 e. The predicted molar refractivity (Wildman–Crippen MR) is 73.0 cm³/mol. The van der Waals surface area contributed by atoms with Gasteiger partial charge in [0.15, 0.2) is 0 Å². The van der Waals surface area contributed by atoms with Crippen molar-refractivity contribution in [2.24, 2.45) is 0 Å². The number of fused-ring (bicyclic) bond motifs is 1. The van der Waals surface area contributed by atoms with E-state index in [9.17, 15) is 4.79 Å². The smallest absolute Gasteiger partial charge is 0.267 e. The van der Waals surface area contributed by atoms with Crippen molar-refractivity contribution in [3.05, 3.63) is 64.7 Å². The van der Waals surface area contributed by atoms with Crippen LogP contribution in [0.15, 0.2) is 48.5 Å². The molecule has 0 unspecified atom stereocenters. The minimum atomic E-state index is -2.01. The minimum absolute atomic E-state index is 0.00696. The summed E-state index contributed by atoms with van der Waals surface area (Å²) in [7, 11) is 0. The molecule has 0 fully saturated rings. The van der Waals surface area contributed by atoms with Crippen molar-refractivity contribution in [2.45, 2.75) is 12.1 Å². The Balaban J connectivity index is 1.99. The maximum atomic E-state index is 15.0. The average Bonchev–Trinajstić information content (AvgIpc) is 2.65. The summed E-state index contributed by atoms with van der Waals surface area (Å²) in [5.74, 6) is -0.608.